The zero-order valence-electron chi connectivity index (χ0n) is 15.2. The van der Waals surface area contributed by atoms with Crippen LogP contribution in [0.5, 0.6) is 0 Å². The van der Waals surface area contributed by atoms with Crippen molar-refractivity contribution in [2.75, 3.05) is 6.54 Å². The number of hydrogen-bond acceptors (Lipinski definition) is 4. The average Bonchev–Trinajstić information content (AvgIpc) is 3.37. The van der Waals surface area contributed by atoms with Crippen molar-refractivity contribution < 1.29 is 37.4 Å². The third kappa shape index (κ3) is 3.63. The number of amides is 2. The van der Waals surface area contributed by atoms with Crippen molar-refractivity contribution in [2.24, 2.45) is 17.3 Å². The molecule has 1 aliphatic heterocycles. The lowest BCUT2D eigenvalue weighted by Gasteiger charge is -2.33. The minimum atomic E-state index is -5.15. The van der Waals surface area contributed by atoms with Gasteiger partial charge in [-0.05, 0) is 31.1 Å². The highest BCUT2D eigenvalue weighted by Gasteiger charge is 2.70. The number of ether oxygens (including phenoxy) is 1. The molecule has 7 nitrogen and oxygen atoms in total. The van der Waals surface area contributed by atoms with Crippen LogP contribution in [0.1, 0.15) is 33.6 Å². The van der Waals surface area contributed by atoms with Gasteiger partial charge in [0.2, 0.25) is 5.91 Å². The number of alkyl halides is 3. The van der Waals surface area contributed by atoms with Gasteiger partial charge in [-0.15, -0.1) is 0 Å². The number of rotatable bonds is 6. The van der Waals surface area contributed by atoms with E-state index in [4.69, 9.17) is 4.74 Å². The fourth-order valence-electron chi connectivity index (χ4n) is 4.16. The molecule has 2 N–H and O–H groups in total. The van der Waals surface area contributed by atoms with Crippen molar-refractivity contribution in [3.8, 4) is 0 Å². The van der Waals surface area contributed by atoms with Gasteiger partial charge in [-0.25, -0.2) is 4.79 Å². The molecule has 1 heterocycles. The van der Waals surface area contributed by atoms with Gasteiger partial charge in [0.05, 0.1) is 12.2 Å². The Kier molecular flexibility index (Phi) is 4.69. The van der Waals surface area contributed by atoms with Crippen molar-refractivity contribution in [3.63, 3.8) is 0 Å². The predicted molar refractivity (Wildman–Crippen MR) is 85.5 cm³/mol. The van der Waals surface area contributed by atoms with E-state index in [9.17, 15) is 32.7 Å². The monoisotopic (exact) mass is 392 g/mol. The van der Waals surface area contributed by atoms with E-state index < -0.39 is 42.1 Å². The van der Waals surface area contributed by atoms with Crippen molar-refractivity contribution in [1.29, 1.82) is 0 Å². The fraction of sp³-hybridized carbons (Fsp3) is 0.824. The van der Waals surface area contributed by atoms with E-state index in [0.717, 1.165) is 17.7 Å². The maximum absolute atomic E-state index is 12.9. The first-order valence-electron chi connectivity index (χ1n) is 8.92. The van der Waals surface area contributed by atoms with Crippen LogP contribution >= 0.6 is 0 Å². The number of carboxylic acid groups (broad SMARTS) is 1. The van der Waals surface area contributed by atoms with E-state index in [1.54, 1.807) is 5.32 Å². The highest BCUT2D eigenvalue weighted by molar-refractivity contribution is 5.93. The van der Waals surface area contributed by atoms with Gasteiger partial charge >= 0.3 is 18.1 Å². The number of nitrogens with one attached hydrogen (secondary N) is 1. The largest absolute Gasteiger partial charge is 0.480 e. The predicted octanol–water partition coefficient (Wildman–Crippen LogP) is 1.17. The molecule has 0 aromatic carbocycles. The molecule has 2 aliphatic carbocycles. The molecule has 0 spiro atoms. The second-order valence-electron chi connectivity index (χ2n) is 8.22. The minimum Gasteiger partial charge on any atom is -0.480 e. The standard InChI is InChI=1S/C17H23F3N2O5/c1-7(27-8-4-5-8)11(21-15(26)17(18,19)20)13(23)22-6-9-10(16(9,2)3)12(22)14(24)25/h7-12H,4-6H2,1-3H3,(H,21,26)(H,24,25)/t7-,9+,10+,11+,12+/m1/s1. The average molecular weight is 392 g/mol. The number of nitrogens with zero attached hydrogens (tertiary/aromatic N) is 1. The van der Waals surface area contributed by atoms with E-state index in [1.165, 1.54) is 6.92 Å². The number of hydrogen-bond donors (Lipinski definition) is 2. The van der Waals surface area contributed by atoms with E-state index in [2.05, 4.69) is 0 Å². The van der Waals surface area contributed by atoms with Gasteiger partial charge in [-0.3, -0.25) is 9.59 Å². The number of likely N-dealkylation sites (tertiary alicyclic amines) is 1. The summed E-state index contributed by atoms with van der Waals surface area (Å²) in [6, 6.07) is -2.71. The van der Waals surface area contributed by atoms with Crippen LogP contribution in [-0.4, -0.2) is 64.8 Å². The Morgan fingerprint density at radius 2 is 1.85 bits per heavy atom. The van der Waals surface area contributed by atoms with Crippen LogP contribution in [0.4, 0.5) is 13.2 Å². The summed E-state index contributed by atoms with van der Waals surface area (Å²) < 4.78 is 43.6. The van der Waals surface area contributed by atoms with Crippen LogP contribution in [0.3, 0.4) is 0 Å². The van der Waals surface area contributed by atoms with Crippen LogP contribution in [0, 0.1) is 17.3 Å². The number of piperidine rings is 1. The molecule has 3 aliphatic rings. The van der Waals surface area contributed by atoms with E-state index in [1.807, 2.05) is 13.8 Å². The smallest absolute Gasteiger partial charge is 0.471 e. The number of carbonyl (C=O) groups is 3. The number of carbonyl (C=O) groups excluding carboxylic acids is 2. The molecule has 10 heteroatoms. The molecular weight excluding hydrogens is 369 g/mol. The van der Waals surface area contributed by atoms with Gasteiger partial charge < -0.3 is 20.1 Å². The highest BCUT2D eigenvalue weighted by atomic mass is 19.4. The summed E-state index contributed by atoms with van der Waals surface area (Å²) in [5.74, 6) is -4.57. The van der Waals surface area contributed by atoms with Gasteiger partial charge in [0.1, 0.15) is 12.1 Å². The molecular formula is C17H23F3N2O5. The zero-order chi connectivity index (χ0) is 20.3. The molecule has 0 bridgehead atoms. The third-order valence-electron chi connectivity index (χ3n) is 5.96. The van der Waals surface area contributed by atoms with E-state index in [0.29, 0.717) is 0 Å². The van der Waals surface area contributed by atoms with Crippen molar-refractivity contribution >= 4 is 17.8 Å². The Balaban J connectivity index is 1.79. The first-order chi connectivity index (χ1) is 12.4. The van der Waals surface area contributed by atoms with E-state index in [-0.39, 0.29) is 29.9 Å². The highest BCUT2D eigenvalue weighted by Crippen LogP contribution is 2.64. The Hall–Kier alpha value is -1.84. The molecule has 2 saturated carbocycles. The normalized spacial score (nSPS) is 31.0. The quantitative estimate of drug-likeness (QED) is 0.708. The maximum Gasteiger partial charge on any atom is 0.471 e. The molecule has 3 rings (SSSR count). The first-order valence-corrected chi connectivity index (χ1v) is 8.92. The molecule has 0 aromatic heterocycles. The van der Waals surface area contributed by atoms with Gasteiger partial charge in [0.25, 0.3) is 0 Å². The Morgan fingerprint density at radius 1 is 1.26 bits per heavy atom. The topological polar surface area (TPSA) is 95.9 Å². The van der Waals surface area contributed by atoms with Crippen LogP contribution in [-0.2, 0) is 19.1 Å². The van der Waals surface area contributed by atoms with Crippen LogP contribution in [0.25, 0.3) is 0 Å². The lowest BCUT2D eigenvalue weighted by atomic mass is 9.99. The second-order valence-corrected chi connectivity index (χ2v) is 8.22. The summed E-state index contributed by atoms with van der Waals surface area (Å²) in [5, 5.41) is 11.3. The summed E-state index contributed by atoms with van der Waals surface area (Å²) >= 11 is 0. The molecule has 1 saturated heterocycles. The van der Waals surface area contributed by atoms with Gasteiger partial charge in [0.15, 0.2) is 0 Å². The number of carboxylic acids is 1. The Bertz CT molecular complexity index is 661. The van der Waals surface area contributed by atoms with Crippen molar-refractivity contribution in [1.82, 2.24) is 10.2 Å². The van der Waals surface area contributed by atoms with Crippen molar-refractivity contribution in [2.45, 2.75) is 64.1 Å². The summed E-state index contributed by atoms with van der Waals surface area (Å²) in [6.07, 6.45) is -4.84. The molecule has 0 radical (unpaired) electrons. The Labute approximate surface area is 154 Å². The van der Waals surface area contributed by atoms with Crippen LogP contribution in [0.15, 0.2) is 0 Å². The van der Waals surface area contributed by atoms with E-state index >= 15 is 0 Å². The molecule has 27 heavy (non-hydrogen) atoms. The molecule has 2 amide bonds. The van der Waals surface area contributed by atoms with Gasteiger partial charge in [-0.2, -0.15) is 13.2 Å². The van der Waals surface area contributed by atoms with Crippen LogP contribution < -0.4 is 5.32 Å². The van der Waals surface area contributed by atoms with Crippen LogP contribution in [0.2, 0.25) is 0 Å². The molecule has 0 unspecified atom stereocenters. The summed E-state index contributed by atoms with van der Waals surface area (Å²) in [6.45, 7) is 5.36. The first kappa shape index (κ1) is 19.9. The SMILES string of the molecule is C[C@@H](OC1CC1)[C@H](NC(=O)C(F)(F)F)C(=O)N1C[C@H]2[C@@H]([C@H]1C(=O)O)C2(C)C. The maximum atomic E-state index is 12.9. The zero-order valence-corrected chi connectivity index (χ0v) is 15.2. The van der Waals surface area contributed by atoms with Gasteiger partial charge in [-0.1, -0.05) is 13.8 Å². The van der Waals surface area contributed by atoms with Crippen molar-refractivity contribution in [3.05, 3.63) is 0 Å². The fourth-order valence-corrected chi connectivity index (χ4v) is 4.16. The number of aliphatic carboxylic acids is 1. The molecule has 0 aromatic rings. The minimum absolute atomic E-state index is 0.0267. The summed E-state index contributed by atoms with van der Waals surface area (Å²) in [7, 11) is 0. The molecule has 5 atom stereocenters. The lowest BCUT2D eigenvalue weighted by molar-refractivity contribution is -0.176. The second kappa shape index (κ2) is 6.35. The third-order valence-corrected chi connectivity index (χ3v) is 5.96. The molecule has 152 valence electrons. The molecule has 3 fully saturated rings. The number of halogens is 3. The van der Waals surface area contributed by atoms with Gasteiger partial charge in [0, 0.05) is 12.5 Å². The Morgan fingerprint density at radius 3 is 2.33 bits per heavy atom. The summed E-state index contributed by atoms with van der Waals surface area (Å²) in [5.41, 5.74) is -0.235. The lowest BCUT2D eigenvalue weighted by Crippen LogP contribution is -2.59. The number of fused-ring (bicyclic) bond motifs is 1. The summed E-state index contributed by atoms with van der Waals surface area (Å²) in [4.78, 5) is 37.1.